The first kappa shape index (κ1) is 30.0. The van der Waals surface area contributed by atoms with Crippen molar-refractivity contribution in [3.8, 4) is 16.9 Å². The smallest absolute Gasteiger partial charge is 0.387 e. The van der Waals surface area contributed by atoms with Crippen LogP contribution in [0.15, 0.2) is 70.7 Å². The molecule has 3 aromatic carbocycles. The van der Waals surface area contributed by atoms with Crippen molar-refractivity contribution in [2.75, 3.05) is 49.0 Å². The number of hydrogen-bond donors (Lipinski definition) is 0. The zero-order valence-corrected chi connectivity index (χ0v) is 23.8. The van der Waals surface area contributed by atoms with Crippen LogP contribution in [0.25, 0.3) is 21.6 Å². The minimum Gasteiger partial charge on any atom is -0.469 e. The van der Waals surface area contributed by atoms with Crippen LogP contribution in [-0.2, 0) is 19.6 Å². The number of sulfonamides is 1. The Kier molecular flexibility index (Phi) is 8.67. The van der Waals surface area contributed by atoms with Crippen molar-refractivity contribution in [1.29, 1.82) is 0 Å². The predicted octanol–water partition coefficient (Wildman–Crippen LogP) is 5.30. The number of anilines is 2. The summed E-state index contributed by atoms with van der Waals surface area (Å²) >= 11 is 0. The summed E-state index contributed by atoms with van der Waals surface area (Å²) in [5.74, 6) is -1.51. The second-order valence-electron chi connectivity index (χ2n) is 9.95. The third-order valence-electron chi connectivity index (χ3n) is 7.35. The standard InChI is InChI=1S/C28H27F3N6O5S/c1-41-27(38)7-8-35-9-10-36-22(16-35)17-37(43(39,40)24-4-2-3-21(15-24)33-34-32)26-13-18(5-6-25(26)36)19-11-20(29)14-23(12-19)42-28(30)31/h2-6,11-15,22,28H,7-10,16-17H2,1H3. The van der Waals surface area contributed by atoms with Crippen molar-refractivity contribution < 1.29 is 35.9 Å². The van der Waals surface area contributed by atoms with E-state index in [1.165, 1.54) is 41.7 Å². The van der Waals surface area contributed by atoms with Gasteiger partial charge in [0.25, 0.3) is 10.0 Å². The normalized spacial score (nSPS) is 16.7. The van der Waals surface area contributed by atoms with E-state index in [2.05, 4.69) is 24.6 Å². The monoisotopic (exact) mass is 616 g/mol. The van der Waals surface area contributed by atoms with Gasteiger partial charge in [-0.25, -0.2) is 12.8 Å². The summed E-state index contributed by atoms with van der Waals surface area (Å²) in [6.07, 6.45) is 0.197. The number of piperazine rings is 1. The fraction of sp³-hybridized carbons (Fsp3) is 0.321. The topological polar surface area (TPSA) is 128 Å². The van der Waals surface area contributed by atoms with Crippen LogP contribution in [0, 0.1) is 5.82 Å². The first-order chi connectivity index (χ1) is 20.6. The first-order valence-electron chi connectivity index (χ1n) is 13.2. The maximum absolute atomic E-state index is 14.4. The lowest BCUT2D eigenvalue weighted by Gasteiger charge is -2.49. The molecule has 15 heteroatoms. The molecular formula is C28H27F3N6O5S. The summed E-state index contributed by atoms with van der Waals surface area (Å²) in [5, 5.41) is 3.52. The predicted molar refractivity (Wildman–Crippen MR) is 152 cm³/mol. The second-order valence-corrected chi connectivity index (χ2v) is 11.8. The number of alkyl halides is 2. The van der Waals surface area contributed by atoms with Crippen LogP contribution in [0.3, 0.4) is 0 Å². The molecule has 1 fully saturated rings. The molecule has 0 aliphatic carbocycles. The Morgan fingerprint density at radius 3 is 2.63 bits per heavy atom. The fourth-order valence-electron chi connectivity index (χ4n) is 5.40. The van der Waals surface area contributed by atoms with E-state index in [0.29, 0.717) is 43.1 Å². The van der Waals surface area contributed by atoms with Crippen LogP contribution >= 0.6 is 0 Å². The van der Waals surface area contributed by atoms with Crippen molar-refractivity contribution in [2.45, 2.75) is 24.0 Å². The van der Waals surface area contributed by atoms with E-state index in [-0.39, 0.29) is 46.9 Å². The Morgan fingerprint density at radius 2 is 1.88 bits per heavy atom. The van der Waals surface area contributed by atoms with Gasteiger partial charge in [-0.05, 0) is 53.1 Å². The summed E-state index contributed by atoms with van der Waals surface area (Å²) in [5.41, 5.74) is 10.5. The van der Waals surface area contributed by atoms with E-state index >= 15 is 0 Å². The summed E-state index contributed by atoms with van der Waals surface area (Å²) < 4.78 is 78.7. The lowest BCUT2D eigenvalue weighted by molar-refractivity contribution is -0.141. The summed E-state index contributed by atoms with van der Waals surface area (Å²) in [6, 6.07) is 13.5. The number of carbonyl (C=O) groups is 1. The average molecular weight is 617 g/mol. The van der Waals surface area contributed by atoms with Gasteiger partial charge in [0.1, 0.15) is 11.6 Å². The maximum Gasteiger partial charge on any atom is 0.387 e. The van der Waals surface area contributed by atoms with E-state index in [0.717, 1.165) is 12.1 Å². The summed E-state index contributed by atoms with van der Waals surface area (Å²) in [6.45, 7) is -1.02. The molecule has 0 bridgehead atoms. The van der Waals surface area contributed by atoms with E-state index in [1.807, 2.05) is 0 Å². The zero-order chi connectivity index (χ0) is 30.7. The quantitative estimate of drug-likeness (QED) is 0.138. The van der Waals surface area contributed by atoms with Crippen molar-refractivity contribution in [2.24, 2.45) is 5.11 Å². The van der Waals surface area contributed by atoms with Gasteiger partial charge < -0.3 is 14.4 Å². The Hall–Kier alpha value is -4.46. The molecule has 3 aromatic rings. The highest BCUT2D eigenvalue weighted by atomic mass is 32.2. The summed E-state index contributed by atoms with van der Waals surface area (Å²) in [4.78, 5) is 18.5. The van der Waals surface area contributed by atoms with Crippen LogP contribution < -0.4 is 13.9 Å². The van der Waals surface area contributed by atoms with Gasteiger partial charge in [0.15, 0.2) is 0 Å². The third-order valence-corrected chi connectivity index (χ3v) is 9.13. The van der Waals surface area contributed by atoms with Crippen molar-refractivity contribution in [3.63, 3.8) is 0 Å². The molecule has 5 rings (SSSR count). The molecule has 0 spiro atoms. The van der Waals surface area contributed by atoms with Gasteiger partial charge in [0.2, 0.25) is 0 Å². The molecule has 0 amide bonds. The van der Waals surface area contributed by atoms with Gasteiger partial charge in [-0.1, -0.05) is 23.3 Å². The highest BCUT2D eigenvalue weighted by molar-refractivity contribution is 7.92. The number of hydrogen-bond acceptors (Lipinski definition) is 8. The van der Waals surface area contributed by atoms with Crippen LogP contribution in [0.2, 0.25) is 0 Å². The Morgan fingerprint density at radius 1 is 1.07 bits per heavy atom. The van der Waals surface area contributed by atoms with Gasteiger partial charge in [0.05, 0.1) is 42.4 Å². The molecule has 1 saturated heterocycles. The Bertz CT molecular complexity index is 1690. The highest BCUT2D eigenvalue weighted by Gasteiger charge is 2.40. The van der Waals surface area contributed by atoms with Crippen molar-refractivity contribution in [1.82, 2.24) is 4.90 Å². The molecule has 0 N–H and O–H groups in total. The zero-order valence-electron chi connectivity index (χ0n) is 22.9. The number of fused-ring (bicyclic) bond motifs is 3. The van der Waals surface area contributed by atoms with Gasteiger partial charge in [-0.15, -0.1) is 0 Å². The molecule has 1 unspecified atom stereocenters. The second kappa shape index (κ2) is 12.4. The molecule has 2 aliphatic rings. The van der Waals surface area contributed by atoms with Gasteiger partial charge >= 0.3 is 12.6 Å². The van der Waals surface area contributed by atoms with Crippen LogP contribution in [0.4, 0.5) is 30.2 Å². The van der Waals surface area contributed by atoms with Gasteiger partial charge in [-0.3, -0.25) is 14.0 Å². The van der Waals surface area contributed by atoms with Crippen LogP contribution in [-0.4, -0.2) is 71.8 Å². The molecule has 2 heterocycles. The molecule has 0 aromatic heterocycles. The van der Waals surface area contributed by atoms with E-state index in [9.17, 15) is 26.4 Å². The SMILES string of the molecule is COC(=O)CCN1CCN2c3ccc(-c4cc(F)cc(OC(F)F)c4)cc3N(S(=O)(=O)c3cccc(N=[N+]=[N-])c3)CC2C1. The number of benzene rings is 3. The van der Waals surface area contributed by atoms with Crippen LogP contribution in [0.5, 0.6) is 5.75 Å². The van der Waals surface area contributed by atoms with Gasteiger partial charge in [0, 0.05) is 42.8 Å². The molecule has 226 valence electrons. The van der Waals surface area contributed by atoms with Crippen LogP contribution in [0.1, 0.15) is 6.42 Å². The summed E-state index contributed by atoms with van der Waals surface area (Å²) in [7, 11) is -2.89. The highest BCUT2D eigenvalue weighted by Crippen LogP contribution is 2.43. The Labute approximate surface area is 245 Å². The number of rotatable bonds is 9. The number of carbonyl (C=O) groups excluding carboxylic acids is 1. The average Bonchev–Trinajstić information content (AvgIpc) is 2.98. The maximum atomic E-state index is 14.4. The number of halogens is 3. The Balaban J connectivity index is 1.57. The van der Waals surface area contributed by atoms with Gasteiger partial charge in [-0.2, -0.15) is 8.78 Å². The first-order valence-corrected chi connectivity index (χ1v) is 14.7. The lowest BCUT2D eigenvalue weighted by atomic mass is 10.00. The number of nitrogens with zero attached hydrogens (tertiary/aromatic N) is 6. The number of esters is 1. The molecule has 0 radical (unpaired) electrons. The van der Waals surface area contributed by atoms with E-state index in [4.69, 9.17) is 10.3 Å². The fourth-order valence-corrected chi connectivity index (χ4v) is 6.94. The molecule has 0 saturated carbocycles. The van der Waals surface area contributed by atoms with Crippen molar-refractivity contribution >= 4 is 33.1 Å². The minimum atomic E-state index is -4.21. The number of ether oxygens (including phenoxy) is 2. The largest absolute Gasteiger partial charge is 0.469 e. The van der Waals surface area contributed by atoms with E-state index < -0.39 is 22.5 Å². The third kappa shape index (κ3) is 6.48. The molecule has 43 heavy (non-hydrogen) atoms. The van der Waals surface area contributed by atoms with Crippen molar-refractivity contribution in [3.05, 3.63) is 76.9 Å². The lowest BCUT2D eigenvalue weighted by Crippen LogP contribution is -2.60. The minimum absolute atomic E-state index is 0.0438. The molecular weight excluding hydrogens is 589 g/mol. The molecule has 2 aliphatic heterocycles. The number of azide groups is 1. The number of methoxy groups -OCH3 is 1. The molecule has 1 atom stereocenters. The molecule has 11 nitrogen and oxygen atoms in total. The van der Waals surface area contributed by atoms with E-state index in [1.54, 1.807) is 18.2 Å².